The van der Waals surface area contributed by atoms with Crippen molar-refractivity contribution in [2.45, 2.75) is 52.1 Å². The summed E-state index contributed by atoms with van der Waals surface area (Å²) in [7, 11) is 1.67. The number of hydrogen-bond acceptors (Lipinski definition) is 2. The molecule has 0 spiro atoms. The molecule has 20 heavy (non-hydrogen) atoms. The lowest BCUT2D eigenvalue weighted by molar-refractivity contribution is -0.0704. The van der Waals surface area contributed by atoms with Gasteiger partial charge in [-0.25, -0.2) is 0 Å². The molecule has 0 heterocycles. The van der Waals surface area contributed by atoms with Gasteiger partial charge in [0.1, 0.15) is 5.75 Å². The highest BCUT2D eigenvalue weighted by Crippen LogP contribution is 2.45. The molecule has 1 aromatic rings. The second kappa shape index (κ2) is 5.69. The first-order valence-electron chi connectivity index (χ1n) is 7.31. The Morgan fingerprint density at radius 2 is 2.05 bits per heavy atom. The third-order valence-electron chi connectivity index (χ3n) is 4.74. The normalized spacial score (nSPS) is 29.2. The van der Waals surface area contributed by atoms with Crippen molar-refractivity contribution >= 4 is 15.9 Å². The van der Waals surface area contributed by atoms with Gasteiger partial charge in [-0.2, -0.15) is 0 Å². The molecule has 0 amide bonds. The Kier molecular flexibility index (Phi) is 4.50. The Bertz CT molecular complexity index is 484. The highest BCUT2D eigenvalue weighted by molar-refractivity contribution is 9.10. The molecule has 1 N–H and O–H groups in total. The summed E-state index contributed by atoms with van der Waals surface area (Å²) in [4.78, 5) is 0. The average molecular weight is 341 g/mol. The molecule has 1 saturated carbocycles. The summed E-state index contributed by atoms with van der Waals surface area (Å²) in [6.07, 6.45) is 3.77. The predicted octanol–water partition coefficient (Wildman–Crippen LogP) is 4.58. The fourth-order valence-electron chi connectivity index (χ4n) is 3.36. The van der Waals surface area contributed by atoms with E-state index in [-0.39, 0.29) is 0 Å². The molecule has 2 nitrogen and oxygen atoms in total. The maximum Gasteiger partial charge on any atom is 0.133 e. The van der Waals surface area contributed by atoms with E-state index in [4.69, 9.17) is 4.74 Å². The molecule has 1 aliphatic carbocycles. The summed E-state index contributed by atoms with van der Waals surface area (Å²) in [5.74, 6) is 1.16. The summed E-state index contributed by atoms with van der Waals surface area (Å²) >= 11 is 3.52. The van der Waals surface area contributed by atoms with E-state index in [2.05, 4.69) is 42.8 Å². The van der Waals surface area contributed by atoms with Crippen LogP contribution >= 0.6 is 15.9 Å². The Morgan fingerprint density at radius 3 is 2.60 bits per heavy atom. The van der Waals surface area contributed by atoms with E-state index in [1.54, 1.807) is 7.11 Å². The molecular formula is C17H25BrO2. The maximum absolute atomic E-state index is 11.0. The number of rotatable bonds is 3. The number of hydrogen-bond donors (Lipinski definition) is 1. The van der Waals surface area contributed by atoms with E-state index in [9.17, 15) is 5.11 Å². The Labute approximate surface area is 130 Å². The van der Waals surface area contributed by atoms with Crippen molar-refractivity contribution in [1.82, 2.24) is 0 Å². The van der Waals surface area contributed by atoms with Crippen molar-refractivity contribution in [1.29, 1.82) is 0 Å². The smallest absolute Gasteiger partial charge is 0.133 e. The Morgan fingerprint density at radius 1 is 1.35 bits per heavy atom. The van der Waals surface area contributed by atoms with Gasteiger partial charge in [-0.3, -0.25) is 0 Å². The predicted molar refractivity (Wildman–Crippen MR) is 86.1 cm³/mol. The zero-order chi connectivity index (χ0) is 15.0. The molecule has 1 aliphatic rings. The molecule has 0 aliphatic heterocycles. The van der Waals surface area contributed by atoms with E-state index >= 15 is 0 Å². The van der Waals surface area contributed by atoms with Crippen LogP contribution in [-0.4, -0.2) is 17.8 Å². The number of methoxy groups -OCH3 is 1. The second-order valence-electron chi connectivity index (χ2n) is 7.02. The molecule has 112 valence electrons. The van der Waals surface area contributed by atoms with Gasteiger partial charge in [0.25, 0.3) is 0 Å². The third-order valence-corrected chi connectivity index (χ3v) is 5.36. The van der Waals surface area contributed by atoms with Crippen molar-refractivity contribution in [3.63, 3.8) is 0 Å². The average Bonchev–Trinajstić information content (AvgIpc) is 2.35. The van der Waals surface area contributed by atoms with Crippen LogP contribution in [0.3, 0.4) is 0 Å². The Balaban J connectivity index is 2.14. The van der Waals surface area contributed by atoms with Crippen molar-refractivity contribution < 1.29 is 9.84 Å². The SMILES string of the molecule is COc1ccc(CC2(O)CCC(C)(C)CC2C)cc1Br. The van der Waals surface area contributed by atoms with Crippen LogP contribution in [0.4, 0.5) is 0 Å². The minimum absolute atomic E-state index is 0.326. The van der Waals surface area contributed by atoms with E-state index in [1.165, 1.54) is 0 Å². The molecule has 0 bridgehead atoms. The third kappa shape index (κ3) is 3.37. The summed E-state index contributed by atoms with van der Waals surface area (Å²) in [5, 5.41) is 11.0. The largest absolute Gasteiger partial charge is 0.496 e. The van der Waals surface area contributed by atoms with E-state index in [0.717, 1.165) is 35.0 Å². The number of benzene rings is 1. The number of ether oxygens (including phenoxy) is 1. The highest BCUT2D eigenvalue weighted by Gasteiger charge is 2.42. The van der Waals surface area contributed by atoms with Gasteiger partial charge in [0.2, 0.25) is 0 Å². The van der Waals surface area contributed by atoms with Gasteiger partial charge in [0, 0.05) is 6.42 Å². The molecule has 3 heteroatoms. The molecule has 0 radical (unpaired) electrons. The van der Waals surface area contributed by atoms with Gasteiger partial charge in [-0.1, -0.05) is 26.8 Å². The molecule has 2 atom stereocenters. The van der Waals surface area contributed by atoms with Gasteiger partial charge in [0.05, 0.1) is 17.2 Å². The van der Waals surface area contributed by atoms with Gasteiger partial charge >= 0.3 is 0 Å². The molecule has 2 rings (SSSR count). The van der Waals surface area contributed by atoms with Crippen LogP contribution in [0, 0.1) is 11.3 Å². The standard InChI is InChI=1S/C17H25BrO2/c1-12-10-16(2,3)7-8-17(12,19)11-13-5-6-15(20-4)14(18)9-13/h5-6,9,12,19H,7-8,10-11H2,1-4H3. The van der Waals surface area contributed by atoms with Crippen molar-refractivity contribution in [2.24, 2.45) is 11.3 Å². The lowest BCUT2D eigenvalue weighted by Crippen LogP contribution is -2.45. The topological polar surface area (TPSA) is 29.5 Å². The molecule has 1 aromatic carbocycles. The summed E-state index contributed by atoms with van der Waals surface area (Å²) in [6, 6.07) is 6.07. The quantitative estimate of drug-likeness (QED) is 0.872. The number of aliphatic hydroxyl groups is 1. The molecule has 1 fully saturated rings. The number of halogens is 1. The second-order valence-corrected chi connectivity index (χ2v) is 7.87. The van der Waals surface area contributed by atoms with Gasteiger partial charge < -0.3 is 9.84 Å². The van der Waals surface area contributed by atoms with Crippen LogP contribution < -0.4 is 4.74 Å². The van der Waals surface area contributed by atoms with Crippen molar-refractivity contribution in [2.75, 3.05) is 7.11 Å². The van der Waals surface area contributed by atoms with Crippen molar-refractivity contribution in [3.8, 4) is 5.75 Å². The minimum Gasteiger partial charge on any atom is -0.496 e. The molecular weight excluding hydrogens is 316 g/mol. The van der Waals surface area contributed by atoms with Crippen LogP contribution in [0.5, 0.6) is 5.75 Å². The van der Waals surface area contributed by atoms with Gasteiger partial charge in [-0.15, -0.1) is 0 Å². The van der Waals surface area contributed by atoms with E-state index < -0.39 is 5.60 Å². The summed E-state index contributed by atoms with van der Waals surface area (Å²) in [6.45, 7) is 6.78. The fraction of sp³-hybridized carbons (Fsp3) is 0.647. The van der Waals surface area contributed by atoms with Crippen molar-refractivity contribution in [3.05, 3.63) is 28.2 Å². The zero-order valence-electron chi connectivity index (χ0n) is 12.9. The van der Waals surface area contributed by atoms with E-state index in [1.807, 2.05) is 12.1 Å². The molecule has 0 aromatic heterocycles. The van der Waals surface area contributed by atoms with E-state index in [0.29, 0.717) is 17.8 Å². The first-order valence-corrected chi connectivity index (χ1v) is 8.10. The summed E-state index contributed by atoms with van der Waals surface area (Å²) < 4.78 is 6.20. The van der Waals surface area contributed by atoms with Crippen LogP contribution in [0.15, 0.2) is 22.7 Å². The highest BCUT2D eigenvalue weighted by atomic mass is 79.9. The lowest BCUT2D eigenvalue weighted by Gasteiger charge is -2.45. The van der Waals surface area contributed by atoms with Crippen LogP contribution in [0.2, 0.25) is 0 Å². The minimum atomic E-state index is -0.580. The van der Waals surface area contributed by atoms with Crippen LogP contribution in [-0.2, 0) is 6.42 Å². The lowest BCUT2D eigenvalue weighted by atomic mass is 9.64. The van der Waals surface area contributed by atoms with Crippen LogP contribution in [0.1, 0.15) is 45.6 Å². The summed E-state index contributed by atoms with van der Waals surface area (Å²) in [5.41, 5.74) is 0.933. The monoisotopic (exact) mass is 340 g/mol. The van der Waals surface area contributed by atoms with Gasteiger partial charge in [0.15, 0.2) is 0 Å². The maximum atomic E-state index is 11.0. The molecule has 0 saturated heterocycles. The molecule has 2 unspecified atom stereocenters. The van der Waals surface area contributed by atoms with Gasteiger partial charge in [-0.05, 0) is 64.2 Å². The Hall–Kier alpha value is -0.540. The fourth-order valence-corrected chi connectivity index (χ4v) is 3.95. The first kappa shape index (κ1) is 15.8. The van der Waals surface area contributed by atoms with Crippen LogP contribution in [0.25, 0.3) is 0 Å². The zero-order valence-corrected chi connectivity index (χ0v) is 14.5. The first-order chi connectivity index (χ1) is 9.26.